The van der Waals surface area contributed by atoms with Crippen LogP contribution in [0.2, 0.25) is 0 Å². The number of carbonyl (C=O) groups excluding carboxylic acids is 1. The summed E-state index contributed by atoms with van der Waals surface area (Å²) < 4.78 is 34.2. The normalized spacial score (nSPS) is 14.9. The molecule has 8 nitrogen and oxygen atoms in total. The number of benzene rings is 2. The zero-order chi connectivity index (χ0) is 21.1. The summed E-state index contributed by atoms with van der Waals surface area (Å²) in [4.78, 5) is 24.5. The molecular weight excluding hydrogens is 406 g/mol. The number of hydrogen-bond acceptors (Lipinski definition) is 5. The summed E-state index contributed by atoms with van der Waals surface area (Å²) in [6.45, 7) is -0.0196. The van der Waals surface area contributed by atoms with E-state index in [1.165, 1.54) is 22.8 Å². The standard InChI is InChI=1S/C21H23N3O5S/c25-20(23-16-8-4-5-9-16)14-24-18-11-10-17(12-19(18)29-21(24)26)30(27,28)22-13-15-6-2-1-3-7-15/h1-3,6-7,10-12,16,22H,4-5,8-9,13-14H2,(H,23,25). The van der Waals surface area contributed by atoms with Gasteiger partial charge in [0.2, 0.25) is 15.9 Å². The topological polar surface area (TPSA) is 110 Å². The summed E-state index contributed by atoms with van der Waals surface area (Å²) in [6.07, 6.45) is 4.08. The molecule has 1 aromatic heterocycles. The van der Waals surface area contributed by atoms with E-state index in [0.717, 1.165) is 31.2 Å². The van der Waals surface area contributed by atoms with Crippen LogP contribution in [-0.4, -0.2) is 24.9 Å². The van der Waals surface area contributed by atoms with Crippen molar-refractivity contribution in [1.29, 1.82) is 0 Å². The van der Waals surface area contributed by atoms with Gasteiger partial charge >= 0.3 is 5.76 Å². The Morgan fingerprint density at radius 3 is 2.57 bits per heavy atom. The maximum Gasteiger partial charge on any atom is 0.420 e. The number of oxazole rings is 1. The van der Waals surface area contributed by atoms with Crippen molar-refractivity contribution in [3.63, 3.8) is 0 Å². The maximum absolute atomic E-state index is 12.6. The summed E-state index contributed by atoms with van der Waals surface area (Å²) in [5.74, 6) is -0.953. The average molecular weight is 429 g/mol. The van der Waals surface area contributed by atoms with Gasteiger partial charge in [-0.2, -0.15) is 0 Å². The maximum atomic E-state index is 12.6. The first-order valence-corrected chi connectivity index (χ1v) is 11.4. The highest BCUT2D eigenvalue weighted by molar-refractivity contribution is 7.89. The molecule has 1 aliphatic carbocycles. The molecule has 1 fully saturated rings. The van der Waals surface area contributed by atoms with Gasteiger partial charge in [0, 0.05) is 18.7 Å². The smallest absolute Gasteiger partial charge is 0.408 e. The lowest BCUT2D eigenvalue weighted by molar-refractivity contribution is -0.122. The minimum Gasteiger partial charge on any atom is -0.408 e. The Morgan fingerprint density at radius 1 is 1.10 bits per heavy atom. The van der Waals surface area contributed by atoms with Gasteiger partial charge in [-0.1, -0.05) is 43.2 Å². The summed E-state index contributed by atoms with van der Waals surface area (Å²) >= 11 is 0. The molecule has 3 aromatic rings. The van der Waals surface area contributed by atoms with Gasteiger partial charge in [0.15, 0.2) is 5.58 Å². The molecule has 2 N–H and O–H groups in total. The van der Waals surface area contributed by atoms with E-state index in [0.29, 0.717) is 5.52 Å². The van der Waals surface area contributed by atoms with Gasteiger partial charge < -0.3 is 9.73 Å². The molecular formula is C21H23N3O5S. The van der Waals surface area contributed by atoms with Gasteiger partial charge in [-0.25, -0.2) is 17.9 Å². The lowest BCUT2D eigenvalue weighted by atomic mass is 10.2. The summed E-state index contributed by atoms with van der Waals surface area (Å²) in [6, 6.07) is 13.5. The van der Waals surface area contributed by atoms with E-state index in [9.17, 15) is 18.0 Å². The largest absolute Gasteiger partial charge is 0.420 e. The molecule has 158 valence electrons. The van der Waals surface area contributed by atoms with Crippen LogP contribution in [0, 0.1) is 0 Å². The Bertz CT molecular complexity index is 1210. The third kappa shape index (κ3) is 4.47. The molecule has 2 aromatic carbocycles. The summed E-state index contributed by atoms with van der Waals surface area (Å²) in [5, 5.41) is 2.93. The monoisotopic (exact) mass is 429 g/mol. The Hall–Kier alpha value is -2.91. The predicted molar refractivity (Wildman–Crippen MR) is 111 cm³/mol. The van der Waals surface area contributed by atoms with Crippen molar-refractivity contribution in [2.24, 2.45) is 0 Å². The van der Waals surface area contributed by atoms with Gasteiger partial charge in [0.25, 0.3) is 0 Å². The van der Waals surface area contributed by atoms with Crippen LogP contribution in [0.15, 0.2) is 62.6 Å². The number of carbonyl (C=O) groups is 1. The molecule has 0 aliphatic heterocycles. The van der Waals surface area contributed by atoms with Crippen molar-refractivity contribution in [2.75, 3.05) is 0 Å². The molecule has 1 saturated carbocycles. The Morgan fingerprint density at radius 2 is 1.83 bits per heavy atom. The van der Waals surface area contributed by atoms with E-state index in [1.54, 1.807) is 0 Å². The second-order valence-electron chi connectivity index (χ2n) is 7.44. The SMILES string of the molecule is O=C(Cn1c(=O)oc2cc(S(=O)(=O)NCc3ccccc3)ccc21)NC1CCCC1. The second-order valence-corrected chi connectivity index (χ2v) is 9.21. The number of aromatic nitrogens is 1. The fraction of sp³-hybridized carbons (Fsp3) is 0.333. The first-order valence-electron chi connectivity index (χ1n) is 9.89. The van der Waals surface area contributed by atoms with Crippen molar-refractivity contribution < 1.29 is 17.6 Å². The molecule has 0 atom stereocenters. The van der Waals surface area contributed by atoms with Crippen molar-refractivity contribution in [1.82, 2.24) is 14.6 Å². The second kappa shape index (κ2) is 8.45. The molecule has 0 spiro atoms. The van der Waals surface area contributed by atoms with Crippen molar-refractivity contribution >= 4 is 27.0 Å². The highest BCUT2D eigenvalue weighted by Gasteiger charge is 2.21. The number of nitrogens with one attached hydrogen (secondary N) is 2. The Labute approximate surface area is 173 Å². The van der Waals surface area contributed by atoms with Gasteiger partial charge in [-0.15, -0.1) is 0 Å². The van der Waals surface area contributed by atoms with E-state index in [1.807, 2.05) is 30.3 Å². The minimum atomic E-state index is -3.79. The first kappa shape index (κ1) is 20.4. The molecule has 30 heavy (non-hydrogen) atoms. The summed E-state index contributed by atoms with van der Waals surface area (Å²) in [5.41, 5.74) is 1.33. The highest BCUT2D eigenvalue weighted by atomic mass is 32.2. The average Bonchev–Trinajstić information content (AvgIpc) is 3.35. The quantitative estimate of drug-likeness (QED) is 0.598. The van der Waals surface area contributed by atoms with E-state index >= 15 is 0 Å². The van der Waals surface area contributed by atoms with E-state index in [2.05, 4.69) is 10.0 Å². The van der Waals surface area contributed by atoms with Gasteiger partial charge in [-0.05, 0) is 30.5 Å². The summed E-state index contributed by atoms with van der Waals surface area (Å²) in [7, 11) is -3.79. The van der Waals surface area contributed by atoms with E-state index in [-0.39, 0.29) is 35.5 Å². The Balaban J connectivity index is 1.51. The Kier molecular flexibility index (Phi) is 5.74. The third-order valence-electron chi connectivity index (χ3n) is 5.28. The zero-order valence-electron chi connectivity index (χ0n) is 16.3. The fourth-order valence-corrected chi connectivity index (χ4v) is 4.74. The highest BCUT2D eigenvalue weighted by Crippen LogP contribution is 2.20. The van der Waals surface area contributed by atoms with Crippen LogP contribution in [0.3, 0.4) is 0 Å². The molecule has 9 heteroatoms. The van der Waals surface area contributed by atoms with Crippen LogP contribution < -0.4 is 15.8 Å². The minimum absolute atomic E-state index is 0.0118. The zero-order valence-corrected chi connectivity index (χ0v) is 17.2. The van der Waals surface area contributed by atoms with Crippen molar-refractivity contribution in [3.8, 4) is 0 Å². The number of sulfonamides is 1. The molecule has 0 bridgehead atoms. The molecule has 1 aliphatic rings. The lowest BCUT2D eigenvalue weighted by Gasteiger charge is -2.11. The van der Waals surface area contributed by atoms with E-state index in [4.69, 9.17) is 4.42 Å². The van der Waals surface area contributed by atoms with Crippen molar-refractivity contribution in [2.45, 2.75) is 49.7 Å². The van der Waals surface area contributed by atoms with E-state index < -0.39 is 15.8 Å². The molecule has 1 heterocycles. The fourth-order valence-electron chi connectivity index (χ4n) is 3.71. The number of rotatable bonds is 7. The molecule has 0 unspecified atom stereocenters. The van der Waals surface area contributed by atoms with Gasteiger partial charge in [0.05, 0.1) is 10.4 Å². The van der Waals surface area contributed by atoms with Crippen molar-refractivity contribution in [3.05, 3.63) is 64.6 Å². The third-order valence-corrected chi connectivity index (χ3v) is 6.68. The van der Waals surface area contributed by atoms with Gasteiger partial charge in [-0.3, -0.25) is 9.36 Å². The van der Waals surface area contributed by atoms with Gasteiger partial charge in [0.1, 0.15) is 6.54 Å². The number of amides is 1. The molecule has 0 saturated heterocycles. The molecule has 0 radical (unpaired) electrons. The van der Waals surface area contributed by atoms with Crippen LogP contribution in [0.5, 0.6) is 0 Å². The molecule has 1 amide bonds. The molecule has 4 rings (SSSR count). The number of nitrogens with zero attached hydrogens (tertiary/aromatic N) is 1. The van der Waals surface area contributed by atoms with Crippen LogP contribution in [0.1, 0.15) is 31.2 Å². The first-order chi connectivity index (χ1) is 14.4. The van der Waals surface area contributed by atoms with Crippen LogP contribution >= 0.6 is 0 Å². The van der Waals surface area contributed by atoms with Crippen LogP contribution in [-0.2, 0) is 27.9 Å². The van der Waals surface area contributed by atoms with Crippen LogP contribution in [0.4, 0.5) is 0 Å². The number of fused-ring (bicyclic) bond motifs is 1. The lowest BCUT2D eigenvalue weighted by Crippen LogP contribution is -2.36. The van der Waals surface area contributed by atoms with Crippen LogP contribution in [0.25, 0.3) is 11.1 Å². The number of hydrogen-bond donors (Lipinski definition) is 2. The predicted octanol–water partition coefficient (Wildman–Crippen LogP) is 2.13.